The number of ketones is 1. The van der Waals surface area contributed by atoms with Crippen LogP contribution in [0.15, 0.2) is 36.0 Å². The lowest BCUT2D eigenvalue weighted by molar-refractivity contribution is -0.138. The van der Waals surface area contributed by atoms with E-state index in [0.29, 0.717) is 19.4 Å². The molecule has 31 heavy (non-hydrogen) atoms. The van der Waals surface area contributed by atoms with Gasteiger partial charge in [-0.05, 0) is 44.4 Å². The van der Waals surface area contributed by atoms with E-state index in [4.69, 9.17) is 9.84 Å². The first-order valence-electron chi connectivity index (χ1n) is 10.4. The maximum absolute atomic E-state index is 13.4. The van der Waals surface area contributed by atoms with Crippen molar-refractivity contribution < 1.29 is 19.4 Å². The molecule has 3 heterocycles. The highest BCUT2D eigenvalue weighted by Crippen LogP contribution is 2.38. The molecule has 1 atom stereocenters. The average Bonchev–Trinajstić information content (AvgIpc) is 3.30. The number of aliphatic carboxylic acids is 1. The summed E-state index contributed by atoms with van der Waals surface area (Å²) in [5, 5.41) is 12.0. The predicted octanol–water partition coefficient (Wildman–Crippen LogP) is 5.41. The van der Waals surface area contributed by atoms with Crippen LogP contribution in [0.3, 0.4) is 0 Å². The third-order valence-electron chi connectivity index (χ3n) is 5.49. The van der Waals surface area contributed by atoms with Gasteiger partial charge in [0, 0.05) is 46.9 Å². The normalized spacial score (nSPS) is 13.8. The number of Topliss-reactive ketones (excluding diaryl/α,β-unsaturated/α-hetero) is 1. The summed E-state index contributed by atoms with van der Waals surface area (Å²) in [5.41, 5.74) is 1.51. The van der Waals surface area contributed by atoms with Crippen LogP contribution in [0.1, 0.15) is 63.2 Å². The Hall–Kier alpha value is -2.67. The summed E-state index contributed by atoms with van der Waals surface area (Å²) < 4.78 is 7.88. The molecule has 0 aliphatic rings. The zero-order chi connectivity index (χ0) is 22.8. The summed E-state index contributed by atoms with van der Waals surface area (Å²) in [6.45, 7) is 10.0. The molecule has 0 saturated heterocycles. The largest absolute Gasteiger partial charge is 0.486 e. The van der Waals surface area contributed by atoms with Gasteiger partial charge in [0.2, 0.25) is 0 Å². The lowest BCUT2D eigenvalue weighted by Crippen LogP contribution is -2.40. The minimum Gasteiger partial charge on any atom is -0.486 e. The number of carbonyl (C=O) groups excluding carboxylic acids is 1. The third-order valence-corrected chi connectivity index (χ3v) is 6.43. The highest BCUT2D eigenvalue weighted by Gasteiger charge is 2.41. The predicted molar refractivity (Wildman–Crippen MR) is 122 cm³/mol. The van der Waals surface area contributed by atoms with E-state index < -0.39 is 16.8 Å². The van der Waals surface area contributed by atoms with E-state index in [9.17, 15) is 9.59 Å². The number of aryl methyl sites for hydroxylation is 1. The van der Waals surface area contributed by atoms with Crippen molar-refractivity contribution in [1.29, 1.82) is 0 Å². The van der Waals surface area contributed by atoms with E-state index in [2.05, 4.69) is 4.98 Å². The van der Waals surface area contributed by atoms with Crippen molar-refractivity contribution in [3.63, 3.8) is 0 Å². The number of hydrogen-bond donors (Lipinski definition) is 1. The molecule has 166 valence electrons. The number of aromatic nitrogens is 2. The number of nitrogens with zero attached hydrogens (tertiary/aromatic N) is 2. The Kier molecular flexibility index (Phi) is 6.55. The van der Waals surface area contributed by atoms with Gasteiger partial charge >= 0.3 is 5.97 Å². The summed E-state index contributed by atoms with van der Waals surface area (Å²) in [4.78, 5) is 28.8. The molecule has 0 radical (unpaired) electrons. The minimum atomic E-state index is -0.843. The van der Waals surface area contributed by atoms with Crippen molar-refractivity contribution in [1.82, 2.24) is 9.38 Å². The molecule has 0 fully saturated rings. The molecular formula is C24H30N2O4S. The molecule has 3 aromatic rings. The maximum Gasteiger partial charge on any atom is 0.303 e. The Morgan fingerprint density at radius 2 is 1.97 bits per heavy atom. The van der Waals surface area contributed by atoms with Crippen LogP contribution in [-0.2, 0) is 21.6 Å². The summed E-state index contributed by atoms with van der Waals surface area (Å²) in [5.74, 6) is 0.00135. The van der Waals surface area contributed by atoms with E-state index in [1.54, 1.807) is 11.3 Å². The number of carbonyl (C=O) groups is 2. The van der Waals surface area contributed by atoms with Crippen LogP contribution in [0.4, 0.5) is 0 Å². The Morgan fingerprint density at radius 1 is 1.23 bits per heavy atom. The SMILES string of the molecule is Cc1csc(COc2ccn3cc(C(C)(CCCC(=O)O)C(=O)C(C)(C)C)cc3c2)n1. The standard InChI is InChI=1S/C24H30N2O4S/c1-16-15-31-20(25-16)14-30-19-8-10-26-13-17(11-18(26)12-19)24(5,9-6-7-21(27)28)22(29)23(2,3)4/h8,10-13,15H,6-7,9,14H2,1-5H3,(H,27,28). The smallest absolute Gasteiger partial charge is 0.303 e. The van der Waals surface area contributed by atoms with Crippen LogP contribution in [0, 0.1) is 12.3 Å². The first kappa shape index (κ1) is 23.0. The van der Waals surface area contributed by atoms with Crippen molar-refractivity contribution in [3.05, 3.63) is 52.2 Å². The van der Waals surface area contributed by atoms with Crippen molar-refractivity contribution in [2.45, 2.75) is 65.9 Å². The summed E-state index contributed by atoms with van der Waals surface area (Å²) in [6, 6.07) is 5.85. The molecule has 0 amide bonds. The zero-order valence-electron chi connectivity index (χ0n) is 18.8. The van der Waals surface area contributed by atoms with Crippen LogP contribution in [0.5, 0.6) is 5.75 Å². The van der Waals surface area contributed by atoms with Crippen LogP contribution in [-0.4, -0.2) is 26.2 Å². The Labute approximate surface area is 186 Å². The van der Waals surface area contributed by atoms with E-state index >= 15 is 0 Å². The number of carboxylic acid groups (broad SMARTS) is 1. The molecule has 0 spiro atoms. The second-order valence-corrected chi connectivity index (χ2v) is 10.2. The highest BCUT2D eigenvalue weighted by atomic mass is 32.1. The van der Waals surface area contributed by atoms with Gasteiger partial charge in [0.05, 0.1) is 5.41 Å². The maximum atomic E-state index is 13.4. The molecule has 7 heteroatoms. The molecule has 3 rings (SSSR count). The number of rotatable bonds is 9. The summed E-state index contributed by atoms with van der Waals surface area (Å²) in [6.07, 6.45) is 4.86. The fourth-order valence-corrected chi connectivity index (χ4v) is 4.59. The van der Waals surface area contributed by atoms with E-state index in [0.717, 1.165) is 27.5 Å². The van der Waals surface area contributed by atoms with E-state index in [1.165, 1.54) is 0 Å². The van der Waals surface area contributed by atoms with Crippen LogP contribution < -0.4 is 4.74 Å². The molecule has 0 aliphatic carbocycles. The fourth-order valence-electron chi connectivity index (χ4n) is 3.90. The number of fused-ring (bicyclic) bond motifs is 1. The van der Waals surface area contributed by atoms with Gasteiger partial charge in [-0.15, -0.1) is 11.3 Å². The lowest BCUT2D eigenvalue weighted by atomic mass is 9.68. The molecular weight excluding hydrogens is 412 g/mol. The van der Waals surface area contributed by atoms with Crippen LogP contribution >= 0.6 is 11.3 Å². The van der Waals surface area contributed by atoms with E-state index in [-0.39, 0.29) is 12.2 Å². The monoisotopic (exact) mass is 442 g/mol. The van der Waals surface area contributed by atoms with Gasteiger partial charge in [0.1, 0.15) is 23.1 Å². The van der Waals surface area contributed by atoms with Crippen LogP contribution in [0.25, 0.3) is 5.52 Å². The Bertz CT molecular complexity index is 1090. The quantitative estimate of drug-likeness (QED) is 0.479. The van der Waals surface area contributed by atoms with Crippen molar-refractivity contribution in [3.8, 4) is 5.75 Å². The van der Waals surface area contributed by atoms with Crippen molar-refractivity contribution in [2.24, 2.45) is 5.41 Å². The van der Waals surface area contributed by atoms with Gasteiger partial charge in [-0.25, -0.2) is 4.98 Å². The molecule has 6 nitrogen and oxygen atoms in total. The molecule has 0 bridgehead atoms. The number of ether oxygens (including phenoxy) is 1. The van der Waals surface area contributed by atoms with Gasteiger partial charge in [-0.2, -0.15) is 0 Å². The molecule has 1 N–H and O–H groups in total. The first-order valence-corrected chi connectivity index (χ1v) is 11.3. The van der Waals surface area contributed by atoms with Crippen molar-refractivity contribution in [2.75, 3.05) is 0 Å². The second kappa shape index (κ2) is 8.83. The molecule has 0 aliphatic heterocycles. The lowest BCUT2D eigenvalue weighted by Gasteiger charge is -2.34. The van der Waals surface area contributed by atoms with Gasteiger partial charge in [0.15, 0.2) is 0 Å². The van der Waals surface area contributed by atoms with Crippen molar-refractivity contribution >= 4 is 28.6 Å². The Morgan fingerprint density at radius 3 is 2.58 bits per heavy atom. The van der Waals surface area contributed by atoms with Gasteiger partial charge in [-0.1, -0.05) is 20.8 Å². The summed E-state index contributed by atoms with van der Waals surface area (Å²) >= 11 is 1.57. The minimum absolute atomic E-state index is 0.0502. The zero-order valence-corrected chi connectivity index (χ0v) is 19.6. The van der Waals surface area contributed by atoms with Gasteiger partial charge < -0.3 is 14.2 Å². The summed E-state index contributed by atoms with van der Waals surface area (Å²) in [7, 11) is 0. The van der Waals surface area contributed by atoms with E-state index in [1.807, 2.05) is 75.0 Å². The number of pyridine rings is 1. The second-order valence-electron chi connectivity index (χ2n) is 9.25. The van der Waals surface area contributed by atoms with Crippen LogP contribution in [0.2, 0.25) is 0 Å². The highest BCUT2D eigenvalue weighted by molar-refractivity contribution is 7.09. The fraction of sp³-hybridized carbons (Fsp3) is 0.458. The molecule has 0 saturated carbocycles. The molecule has 3 aromatic heterocycles. The average molecular weight is 443 g/mol. The van der Waals surface area contributed by atoms with Gasteiger partial charge in [0.25, 0.3) is 0 Å². The number of hydrogen-bond acceptors (Lipinski definition) is 5. The molecule has 1 unspecified atom stereocenters. The Balaban J connectivity index is 1.88. The first-order chi connectivity index (χ1) is 14.5. The number of thiazole rings is 1. The third kappa shape index (κ3) is 5.34. The topological polar surface area (TPSA) is 80.9 Å². The van der Waals surface area contributed by atoms with Gasteiger partial charge in [-0.3, -0.25) is 9.59 Å². The number of carboxylic acids is 1. The molecule has 0 aromatic carbocycles.